The van der Waals surface area contributed by atoms with Gasteiger partial charge in [0, 0.05) is 11.8 Å². The lowest BCUT2D eigenvalue weighted by Crippen LogP contribution is -2.66. The highest BCUT2D eigenvalue weighted by molar-refractivity contribution is 7.91. The maximum Gasteiger partial charge on any atom is 0.456 e. The van der Waals surface area contributed by atoms with E-state index in [0.29, 0.717) is 31.4 Å². The summed E-state index contributed by atoms with van der Waals surface area (Å²) in [5.41, 5.74) is -3.79. The van der Waals surface area contributed by atoms with Gasteiger partial charge in [0.15, 0.2) is 10.7 Å². The smallest absolute Gasteiger partial charge is 0.456 e. The summed E-state index contributed by atoms with van der Waals surface area (Å²) in [6, 6.07) is 9.46. The molecule has 0 heterocycles. The second kappa shape index (κ2) is 12.6. The summed E-state index contributed by atoms with van der Waals surface area (Å²) in [4.78, 5) is 13.3. The first-order valence-corrected chi connectivity index (χ1v) is 17.8. The van der Waals surface area contributed by atoms with Crippen LogP contribution in [0.5, 0.6) is 0 Å². The molecule has 0 aromatic heterocycles. The van der Waals surface area contributed by atoms with Crippen molar-refractivity contribution in [1.29, 1.82) is 0 Å². The summed E-state index contributed by atoms with van der Waals surface area (Å²) < 4.78 is 83.4. The van der Waals surface area contributed by atoms with Crippen molar-refractivity contribution in [3.63, 3.8) is 0 Å². The second-order valence-corrected chi connectivity index (χ2v) is 16.1. The highest BCUT2D eigenvalue weighted by Gasteiger charge is 2.79. The average Bonchev–Trinajstić information content (AvgIpc) is 3.26. The van der Waals surface area contributed by atoms with Crippen LogP contribution in [0.2, 0.25) is 0 Å². The van der Waals surface area contributed by atoms with E-state index in [9.17, 15) is 27.6 Å². The van der Waals surface area contributed by atoms with E-state index in [1.54, 1.807) is 6.08 Å². The van der Waals surface area contributed by atoms with Crippen LogP contribution >= 0.6 is 0 Å². The number of hydrogen-bond donors (Lipinski definition) is 1. The van der Waals surface area contributed by atoms with E-state index >= 15 is 8.78 Å². The zero-order valence-electron chi connectivity index (χ0n) is 25.9. The topological polar surface area (TPSA) is 60.4 Å². The molecular weight excluding hydrogens is 595 g/mol. The van der Waals surface area contributed by atoms with Crippen LogP contribution in [0.15, 0.2) is 46.9 Å². The second-order valence-electron chi connectivity index (χ2n) is 14.5. The number of carbonyl (C=O) groups excluding carboxylic acids is 1. The summed E-state index contributed by atoms with van der Waals surface area (Å²) in [5, 5.41) is 11.3. The highest BCUT2D eigenvalue weighted by Crippen LogP contribution is 2.72. The Bertz CT molecular complexity index is 1200. The van der Waals surface area contributed by atoms with Gasteiger partial charge in [-0.1, -0.05) is 63.3 Å². The van der Waals surface area contributed by atoms with Gasteiger partial charge in [-0.3, -0.25) is 4.79 Å². The predicted molar refractivity (Wildman–Crippen MR) is 162 cm³/mol. The van der Waals surface area contributed by atoms with Gasteiger partial charge in [0.25, 0.3) is 0 Å². The van der Waals surface area contributed by atoms with Crippen LogP contribution in [0, 0.1) is 34.5 Å². The molecule has 8 atom stereocenters. The van der Waals surface area contributed by atoms with Gasteiger partial charge in [-0.05, 0) is 116 Å². The van der Waals surface area contributed by atoms with Gasteiger partial charge >= 0.3 is 12.1 Å². The van der Waals surface area contributed by atoms with E-state index in [4.69, 9.17) is 0 Å². The molecule has 0 amide bonds. The zero-order chi connectivity index (χ0) is 32.0. The van der Waals surface area contributed by atoms with Crippen LogP contribution in [0.1, 0.15) is 104 Å². The van der Waals surface area contributed by atoms with Crippen LogP contribution in [0.25, 0.3) is 0 Å². The first kappa shape index (κ1) is 33.9. The Labute approximate surface area is 261 Å². The van der Waals surface area contributed by atoms with Crippen LogP contribution in [0.3, 0.4) is 0 Å². The third kappa shape index (κ3) is 5.80. The molecule has 0 bridgehead atoms. The largest absolute Gasteiger partial charge is 0.611 e. The van der Waals surface area contributed by atoms with Crippen LogP contribution in [-0.4, -0.2) is 38.9 Å². The van der Waals surface area contributed by atoms with E-state index in [1.807, 2.05) is 30.3 Å². The number of unbranched alkanes of at least 4 members (excludes halogenated alkanes) is 5. The molecule has 0 aliphatic heterocycles. The minimum Gasteiger partial charge on any atom is -0.611 e. The number of carbonyl (C=O) groups is 1. The predicted octanol–water partition coefficient (Wildman–Crippen LogP) is 9.21. The zero-order valence-corrected chi connectivity index (χ0v) is 26.8. The minimum absolute atomic E-state index is 0.0601. The van der Waals surface area contributed by atoms with Gasteiger partial charge in [-0.2, -0.15) is 22.0 Å². The molecular formula is C35H47F5O3S. The van der Waals surface area contributed by atoms with Crippen molar-refractivity contribution in [3.05, 3.63) is 42.0 Å². The van der Waals surface area contributed by atoms with Crippen LogP contribution < -0.4 is 0 Å². The monoisotopic (exact) mass is 642 g/mol. The summed E-state index contributed by atoms with van der Waals surface area (Å²) in [7, 11) is 0. The van der Waals surface area contributed by atoms with Crippen molar-refractivity contribution < 1.29 is 36.4 Å². The van der Waals surface area contributed by atoms with Gasteiger partial charge in [0.1, 0.15) is 11.4 Å². The van der Waals surface area contributed by atoms with Crippen molar-refractivity contribution in [2.45, 2.75) is 126 Å². The lowest BCUT2D eigenvalue weighted by Gasteiger charge is -2.62. The number of allylic oxidation sites excluding steroid dienone is 1. The normalized spacial score (nSPS) is 36.3. The fourth-order valence-corrected chi connectivity index (χ4v) is 11.0. The molecule has 44 heavy (non-hydrogen) atoms. The number of alkyl halides is 5. The number of rotatable bonds is 11. The maximum absolute atomic E-state index is 15.0. The lowest BCUT2D eigenvalue weighted by molar-refractivity contribution is -0.364. The Hall–Kier alpha value is -1.45. The quantitative estimate of drug-likeness (QED) is 0.149. The molecule has 1 aromatic rings. The standard InChI is InChI=1S/C35H47F5O3S/c1-31-18-15-26(41)23-25(31)22-24(12-8-5-3-4-6-11-21-44(43)27-13-9-7-10-14-27)30-28(31)16-19-32(2)29(30)17-20-33(32,42)34(36,37)35(38,39)40/h7,9-10,13-14,23-24,28-30,42H,3-6,8,11-12,15-22H2,1-2H3/t24-,28+,29+,30-,31+,32+,33+,44?/m1/s1. The van der Waals surface area contributed by atoms with Crippen molar-refractivity contribution in [1.82, 2.24) is 0 Å². The molecule has 0 radical (unpaired) electrons. The van der Waals surface area contributed by atoms with Crippen molar-refractivity contribution in [2.75, 3.05) is 5.75 Å². The highest BCUT2D eigenvalue weighted by atomic mass is 32.2. The molecule has 9 heteroatoms. The Morgan fingerprint density at radius 3 is 2.23 bits per heavy atom. The molecule has 1 unspecified atom stereocenters. The van der Waals surface area contributed by atoms with Gasteiger partial charge in [0.05, 0.1) is 0 Å². The Morgan fingerprint density at radius 1 is 0.909 bits per heavy atom. The number of ketones is 1. The number of fused-ring (bicyclic) bond motifs is 5. The van der Waals surface area contributed by atoms with Crippen LogP contribution in [-0.2, 0) is 16.0 Å². The molecule has 246 valence electrons. The number of hydrogen-bond acceptors (Lipinski definition) is 3. The van der Waals surface area contributed by atoms with Gasteiger partial charge in [-0.15, -0.1) is 0 Å². The summed E-state index contributed by atoms with van der Waals surface area (Å²) in [6.45, 7) is 3.65. The molecule has 0 saturated heterocycles. The molecule has 3 nitrogen and oxygen atoms in total. The third-order valence-corrected chi connectivity index (χ3v) is 13.8. The van der Waals surface area contributed by atoms with Crippen LogP contribution in [0.4, 0.5) is 22.0 Å². The Morgan fingerprint density at radius 2 is 1.55 bits per heavy atom. The van der Waals surface area contributed by atoms with E-state index in [2.05, 4.69) is 6.92 Å². The fourth-order valence-electron chi connectivity index (χ4n) is 9.80. The molecule has 4 aliphatic rings. The van der Waals surface area contributed by atoms with E-state index < -0.39 is 46.6 Å². The molecule has 3 fully saturated rings. The average molecular weight is 643 g/mol. The Kier molecular flexibility index (Phi) is 9.73. The van der Waals surface area contributed by atoms with Crippen molar-refractivity contribution in [3.8, 4) is 0 Å². The number of benzene rings is 1. The van der Waals surface area contributed by atoms with Crippen molar-refractivity contribution >= 4 is 17.0 Å². The SMILES string of the molecule is C[C@]12CCC(=O)C=C1C[C@@H](CCCCCCCC[S+]([O-])c1ccccc1)[C@@H]1[C@@H]2CC[C@@]2(C)[C@H]1CC[C@@]2(O)C(F)(F)C(F)(F)F. The number of halogens is 5. The minimum atomic E-state index is -5.81. The third-order valence-electron chi connectivity index (χ3n) is 12.3. The van der Waals surface area contributed by atoms with Gasteiger partial charge < -0.3 is 9.66 Å². The number of aliphatic hydroxyl groups is 1. The fraction of sp³-hybridized carbons (Fsp3) is 0.743. The van der Waals surface area contributed by atoms with Gasteiger partial charge in [-0.25, -0.2) is 0 Å². The molecule has 5 rings (SSSR count). The molecule has 4 aliphatic carbocycles. The van der Waals surface area contributed by atoms with Gasteiger partial charge in [0.2, 0.25) is 0 Å². The Balaban J connectivity index is 1.24. The summed E-state index contributed by atoms with van der Waals surface area (Å²) >= 11 is -0.988. The first-order valence-electron chi connectivity index (χ1n) is 16.5. The first-order chi connectivity index (χ1) is 20.7. The molecule has 1 N–H and O–H groups in total. The summed E-state index contributed by atoms with van der Waals surface area (Å²) in [5.74, 6) is -4.72. The van der Waals surface area contributed by atoms with E-state index in [-0.39, 0.29) is 41.8 Å². The molecule has 1 aromatic carbocycles. The van der Waals surface area contributed by atoms with E-state index in [0.717, 1.165) is 55.4 Å². The maximum atomic E-state index is 15.0. The molecule has 0 spiro atoms. The van der Waals surface area contributed by atoms with Crippen molar-refractivity contribution in [2.24, 2.45) is 34.5 Å². The lowest BCUT2D eigenvalue weighted by atomic mass is 9.43. The molecule has 3 saturated carbocycles. The van der Waals surface area contributed by atoms with E-state index in [1.165, 1.54) is 6.92 Å². The summed E-state index contributed by atoms with van der Waals surface area (Å²) in [6.07, 6.45) is 4.68.